The van der Waals surface area contributed by atoms with Gasteiger partial charge < -0.3 is 10.4 Å². The fourth-order valence-electron chi connectivity index (χ4n) is 3.03. The number of anilines is 1. The second-order valence-electron chi connectivity index (χ2n) is 6.65. The molecule has 0 saturated heterocycles. The average molecular weight is 439 g/mol. The summed E-state index contributed by atoms with van der Waals surface area (Å²) in [5.74, 6) is -0.603. The molecule has 0 spiro atoms. The summed E-state index contributed by atoms with van der Waals surface area (Å²) in [5, 5.41) is 11.9. The maximum Gasteiger partial charge on any atom is 0.430 e. The summed E-state index contributed by atoms with van der Waals surface area (Å²) >= 11 is 0. The molecule has 1 amide bonds. The van der Waals surface area contributed by atoms with E-state index in [4.69, 9.17) is 0 Å². The first-order chi connectivity index (χ1) is 14.4. The van der Waals surface area contributed by atoms with Crippen LogP contribution in [0.4, 0.5) is 32.0 Å². The van der Waals surface area contributed by atoms with Crippen LogP contribution in [0, 0.1) is 0 Å². The number of carbonyl (C=O) groups is 1. The van der Waals surface area contributed by atoms with Gasteiger partial charge in [0.15, 0.2) is 0 Å². The number of hydrogen-bond donors (Lipinski definition) is 2. The summed E-state index contributed by atoms with van der Waals surface area (Å²) in [6, 6.07) is 18.2. The van der Waals surface area contributed by atoms with Crippen LogP contribution >= 0.6 is 0 Å². The van der Waals surface area contributed by atoms with Crippen LogP contribution in [-0.2, 0) is 5.60 Å². The zero-order valence-corrected chi connectivity index (χ0v) is 15.6. The Balaban J connectivity index is 1.89. The fourth-order valence-corrected chi connectivity index (χ4v) is 3.03. The van der Waals surface area contributed by atoms with Crippen molar-refractivity contribution in [1.82, 2.24) is 0 Å². The van der Waals surface area contributed by atoms with E-state index >= 15 is 0 Å². The Morgan fingerprint density at radius 3 is 1.77 bits per heavy atom. The maximum absolute atomic E-state index is 13.0. The molecule has 9 heteroatoms. The van der Waals surface area contributed by atoms with Crippen molar-refractivity contribution in [3.05, 3.63) is 90.0 Å². The minimum absolute atomic E-state index is 0.0386. The second-order valence-corrected chi connectivity index (χ2v) is 6.65. The highest BCUT2D eigenvalue weighted by Crippen LogP contribution is 2.50. The zero-order valence-electron chi connectivity index (χ0n) is 15.6. The molecule has 31 heavy (non-hydrogen) atoms. The molecule has 2 N–H and O–H groups in total. The van der Waals surface area contributed by atoms with Crippen molar-refractivity contribution >= 4 is 11.6 Å². The Bertz CT molecular complexity index is 1050. The molecule has 0 unspecified atom stereocenters. The van der Waals surface area contributed by atoms with E-state index in [0.717, 1.165) is 17.7 Å². The molecule has 0 aliphatic carbocycles. The molecule has 162 valence electrons. The first-order valence-corrected chi connectivity index (χ1v) is 8.87. The van der Waals surface area contributed by atoms with Crippen molar-refractivity contribution in [3.8, 4) is 11.1 Å². The minimum atomic E-state index is -5.98. The summed E-state index contributed by atoms with van der Waals surface area (Å²) in [6.45, 7) is 0. The average Bonchev–Trinajstić information content (AvgIpc) is 2.72. The number of nitrogens with one attached hydrogen (secondary N) is 1. The van der Waals surface area contributed by atoms with Gasteiger partial charge in [0.1, 0.15) is 0 Å². The number of aliphatic hydroxyl groups is 1. The van der Waals surface area contributed by atoms with Crippen molar-refractivity contribution in [2.75, 3.05) is 5.32 Å². The van der Waals surface area contributed by atoms with Crippen LogP contribution in [0.1, 0.15) is 15.9 Å². The molecule has 0 atom stereocenters. The van der Waals surface area contributed by atoms with Gasteiger partial charge >= 0.3 is 12.4 Å². The van der Waals surface area contributed by atoms with Gasteiger partial charge in [0.2, 0.25) is 0 Å². The van der Waals surface area contributed by atoms with Crippen LogP contribution < -0.4 is 5.32 Å². The van der Waals surface area contributed by atoms with Gasteiger partial charge in [-0.2, -0.15) is 26.3 Å². The topological polar surface area (TPSA) is 49.3 Å². The van der Waals surface area contributed by atoms with E-state index in [1.165, 1.54) is 6.07 Å². The lowest BCUT2D eigenvalue weighted by molar-refractivity contribution is -0.376. The Morgan fingerprint density at radius 1 is 0.710 bits per heavy atom. The van der Waals surface area contributed by atoms with Crippen LogP contribution in [-0.4, -0.2) is 23.4 Å². The van der Waals surface area contributed by atoms with E-state index in [1.807, 2.05) is 0 Å². The van der Waals surface area contributed by atoms with Gasteiger partial charge in [0.25, 0.3) is 11.5 Å². The number of amides is 1. The minimum Gasteiger partial charge on any atom is -0.369 e. The third kappa shape index (κ3) is 4.27. The van der Waals surface area contributed by atoms with Crippen molar-refractivity contribution in [2.24, 2.45) is 0 Å². The third-order valence-electron chi connectivity index (χ3n) is 4.64. The standard InChI is InChI=1S/C22H15F6NO2/c23-21(24,25)20(31,22(26,27)28)15-10-12-16(13-11-15)29-19(30)18-9-5-4-8-17(18)14-6-2-1-3-7-14/h1-13,31H,(H,29,30). The molecular weight excluding hydrogens is 424 g/mol. The number of rotatable bonds is 4. The van der Waals surface area contributed by atoms with E-state index in [0.29, 0.717) is 17.7 Å². The SMILES string of the molecule is O=C(Nc1ccc(C(O)(C(F)(F)F)C(F)(F)F)cc1)c1ccccc1-c1ccccc1. The Kier molecular flexibility index (Phi) is 5.82. The molecular formula is C22H15F6NO2. The number of halogens is 6. The monoisotopic (exact) mass is 439 g/mol. The smallest absolute Gasteiger partial charge is 0.369 e. The Labute approximate surface area is 173 Å². The van der Waals surface area contributed by atoms with Crippen LogP contribution in [0.5, 0.6) is 0 Å². The lowest BCUT2D eigenvalue weighted by atomic mass is 9.92. The summed E-state index contributed by atoms with van der Waals surface area (Å²) in [4.78, 5) is 12.7. The highest BCUT2D eigenvalue weighted by molar-refractivity contribution is 6.08. The molecule has 3 aromatic rings. The van der Waals surface area contributed by atoms with E-state index < -0.39 is 29.4 Å². The fraction of sp³-hybridized carbons (Fsp3) is 0.136. The molecule has 3 nitrogen and oxygen atoms in total. The van der Waals surface area contributed by atoms with Crippen LogP contribution in [0.15, 0.2) is 78.9 Å². The number of alkyl halides is 6. The van der Waals surface area contributed by atoms with Crippen molar-refractivity contribution < 1.29 is 36.2 Å². The zero-order chi connectivity index (χ0) is 22.9. The summed E-state index contributed by atoms with van der Waals surface area (Å²) < 4.78 is 77.9. The Hall–Kier alpha value is -3.33. The number of hydrogen-bond acceptors (Lipinski definition) is 2. The lowest BCUT2D eigenvalue weighted by Crippen LogP contribution is -2.53. The highest BCUT2D eigenvalue weighted by Gasteiger charge is 2.71. The third-order valence-corrected chi connectivity index (χ3v) is 4.64. The Morgan fingerprint density at radius 2 is 1.23 bits per heavy atom. The molecule has 0 fully saturated rings. The van der Waals surface area contributed by atoms with E-state index in [2.05, 4.69) is 5.32 Å². The van der Waals surface area contributed by atoms with E-state index in [1.54, 1.807) is 48.5 Å². The molecule has 3 rings (SSSR count). The number of carbonyl (C=O) groups excluding carboxylic acids is 1. The molecule has 0 saturated carbocycles. The predicted molar refractivity (Wildman–Crippen MR) is 102 cm³/mol. The summed E-state index contributed by atoms with van der Waals surface area (Å²) in [6.07, 6.45) is -12.0. The number of benzene rings is 3. The lowest BCUT2D eigenvalue weighted by Gasteiger charge is -2.32. The normalized spacial score (nSPS) is 12.5. The summed E-state index contributed by atoms with van der Waals surface area (Å²) in [5.41, 5.74) is -4.86. The molecule has 0 heterocycles. The predicted octanol–water partition coefficient (Wildman–Crippen LogP) is 5.92. The first kappa shape index (κ1) is 22.4. The molecule has 0 bridgehead atoms. The van der Waals surface area contributed by atoms with Gasteiger partial charge in [0.05, 0.1) is 0 Å². The summed E-state index contributed by atoms with van der Waals surface area (Å²) in [7, 11) is 0. The molecule has 0 aliphatic heterocycles. The quantitative estimate of drug-likeness (QED) is 0.496. The van der Waals surface area contributed by atoms with E-state index in [-0.39, 0.29) is 11.3 Å². The van der Waals surface area contributed by atoms with Gasteiger partial charge in [-0.05, 0) is 29.3 Å². The van der Waals surface area contributed by atoms with Gasteiger partial charge in [-0.1, -0.05) is 60.7 Å². The van der Waals surface area contributed by atoms with Crippen molar-refractivity contribution in [1.29, 1.82) is 0 Å². The first-order valence-electron chi connectivity index (χ1n) is 8.87. The van der Waals surface area contributed by atoms with Crippen molar-refractivity contribution in [3.63, 3.8) is 0 Å². The van der Waals surface area contributed by atoms with Gasteiger partial charge in [-0.25, -0.2) is 0 Å². The molecule has 0 aromatic heterocycles. The maximum atomic E-state index is 13.0. The van der Waals surface area contributed by atoms with E-state index in [9.17, 15) is 36.2 Å². The van der Waals surface area contributed by atoms with Gasteiger partial charge in [0, 0.05) is 16.8 Å². The van der Waals surface area contributed by atoms with Gasteiger partial charge in [-0.3, -0.25) is 4.79 Å². The molecule has 0 aliphatic rings. The van der Waals surface area contributed by atoms with Gasteiger partial charge in [-0.15, -0.1) is 0 Å². The molecule has 3 aromatic carbocycles. The van der Waals surface area contributed by atoms with Crippen LogP contribution in [0.3, 0.4) is 0 Å². The second kappa shape index (κ2) is 8.07. The van der Waals surface area contributed by atoms with Crippen LogP contribution in [0.25, 0.3) is 11.1 Å². The largest absolute Gasteiger partial charge is 0.430 e. The highest BCUT2D eigenvalue weighted by atomic mass is 19.4. The van der Waals surface area contributed by atoms with Crippen LogP contribution in [0.2, 0.25) is 0 Å². The van der Waals surface area contributed by atoms with Crippen molar-refractivity contribution in [2.45, 2.75) is 18.0 Å². The molecule has 0 radical (unpaired) electrons.